The van der Waals surface area contributed by atoms with Gasteiger partial charge >= 0.3 is 22.4 Å². The van der Waals surface area contributed by atoms with E-state index in [1.807, 2.05) is 0 Å². The third-order valence-electron chi connectivity index (χ3n) is 3.03. The topological polar surface area (TPSA) is 81.7 Å². The SMILES string of the molecule is CCOC(=O)Nc1cccc(OS(=O)(=O)c2ccc(C(F)(F)F)cc2)c1. The first-order valence-corrected chi connectivity index (χ1v) is 8.68. The van der Waals surface area contributed by atoms with E-state index in [1.54, 1.807) is 6.92 Å². The molecule has 2 rings (SSSR count). The smallest absolute Gasteiger partial charge is 0.416 e. The number of hydrogen-bond acceptors (Lipinski definition) is 5. The molecular weight excluding hydrogens is 375 g/mol. The first-order chi connectivity index (χ1) is 12.1. The van der Waals surface area contributed by atoms with Crippen molar-refractivity contribution in [2.45, 2.75) is 18.0 Å². The van der Waals surface area contributed by atoms with Crippen LogP contribution in [-0.4, -0.2) is 21.1 Å². The fraction of sp³-hybridized carbons (Fsp3) is 0.188. The highest BCUT2D eigenvalue weighted by molar-refractivity contribution is 7.87. The van der Waals surface area contributed by atoms with Gasteiger partial charge in [-0.05, 0) is 43.3 Å². The van der Waals surface area contributed by atoms with Crippen LogP contribution in [0.15, 0.2) is 53.4 Å². The van der Waals surface area contributed by atoms with Crippen molar-refractivity contribution in [3.63, 3.8) is 0 Å². The van der Waals surface area contributed by atoms with Gasteiger partial charge in [0.2, 0.25) is 0 Å². The number of rotatable bonds is 5. The van der Waals surface area contributed by atoms with E-state index in [0.717, 1.165) is 12.1 Å². The van der Waals surface area contributed by atoms with Crippen molar-refractivity contribution in [3.05, 3.63) is 54.1 Å². The number of carbonyl (C=O) groups is 1. The van der Waals surface area contributed by atoms with Gasteiger partial charge in [-0.25, -0.2) is 4.79 Å². The molecule has 10 heteroatoms. The van der Waals surface area contributed by atoms with Gasteiger partial charge in [0.05, 0.1) is 12.2 Å². The van der Waals surface area contributed by atoms with Gasteiger partial charge in [-0.15, -0.1) is 0 Å². The van der Waals surface area contributed by atoms with E-state index >= 15 is 0 Å². The summed E-state index contributed by atoms with van der Waals surface area (Å²) >= 11 is 0. The Morgan fingerprint density at radius 2 is 1.77 bits per heavy atom. The molecule has 0 bridgehead atoms. The van der Waals surface area contributed by atoms with Crippen LogP contribution in [-0.2, 0) is 21.0 Å². The number of hydrogen-bond donors (Lipinski definition) is 1. The maximum absolute atomic E-state index is 12.5. The van der Waals surface area contributed by atoms with Crippen LogP contribution >= 0.6 is 0 Å². The number of halogens is 3. The molecule has 26 heavy (non-hydrogen) atoms. The quantitative estimate of drug-likeness (QED) is 0.781. The lowest BCUT2D eigenvalue weighted by Crippen LogP contribution is -2.14. The largest absolute Gasteiger partial charge is 0.450 e. The number of amides is 1. The Labute approximate surface area is 147 Å². The zero-order valence-electron chi connectivity index (χ0n) is 13.4. The third kappa shape index (κ3) is 5.12. The fourth-order valence-electron chi connectivity index (χ4n) is 1.90. The van der Waals surface area contributed by atoms with Crippen LogP contribution in [0.25, 0.3) is 0 Å². The summed E-state index contributed by atoms with van der Waals surface area (Å²) in [4.78, 5) is 10.9. The second kappa shape index (κ2) is 7.65. The summed E-state index contributed by atoms with van der Waals surface area (Å²) < 4.78 is 71.6. The molecule has 0 spiro atoms. The molecule has 0 aliphatic carbocycles. The van der Waals surface area contributed by atoms with Crippen LogP contribution in [0, 0.1) is 0 Å². The minimum Gasteiger partial charge on any atom is -0.450 e. The average Bonchev–Trinajstić information content (AvgIpc) is 2.54. The Hall–Kier alpha value is -2.75. The van der Waals surface area contributed by atoms with Crippen molar-refractivity contribution >= 4 is 21.9 Å². The number of carbonyl (C=O) groups excluding carboxylic acids is 1. The maximum atomic E-state index is 12.5. The van der Waals surface area contributed by atoms with E-state index in [4.69, 9.17) is 8.92 Å². The standard InChI is InChI=1S/C16H14F3NO5S/c1-2-24-15(21)20-12-4-3-5-13(10-12)25-26(22,23)14-8-6-11(7-9-14)16(17,18)19/h3-10H,2H2,1H3,(H,20,21). The van der Waals surface area contributed by atoms with Gasteiger partial charge in [0.15, 0.2) is 0 Å². The summed E-state index contributed by atoms with van der Waals surface area (Å²) in [5.41, 5.74) is -0.749. The highest BCUT2D eigenvalue weighted by atomic mass is 32.2. The molecule has 1 N–H and O–H groups in total. The number of ether oxygens (including phenoxy) is 1. The average molecular weight is 389 g/mol. The molecule has 0 saturated carbocycles. The molecule has 2 aromatic rings. The Morgan fingerprint density at radius 3 is 2.35 bits per heavy atom. The normalized spacial score (nSPS) is 11.7. The summed E-state index contributed by atoms with van der Waals surface area (Å²) in [6.45, 7) is 1.78. The van der Waals surface area contributed by atoms with Crippen molar-refractivity contribution in [2.75, 3.05) is 11.9 Å². The highest BCUT2D eigenvalue weighted by Gasteiger charge is 2.30. The summed E-state index contributed by atoms with van der Waals surface area (Å²) in [7, 11) is -4.34. The number of alkyl halides is 3. The van der Waals surface area contributed by atoms with Crippen LogP contribution < -0.4 is 9.50 Å². The maximum Gasteiger partial charge on any atom is 0.416 e. The number of benzene rings is 2. The van der Waals surface area contributed by atoms with Crippen molar-refractivity contribution in [2.24, 2.45) is 0 Å². The van der Waals surface area contributed by atoms with Gasteiger partial charge in [0, 0.05) is 11.8 Å². The van der Waals surface area contributed by atoms with Crippen molar-refractivity contribution in [1.82, 2.24) is 0 Å². The summed E-state index contributed by atoms with van der Waals surface area (Å²) in [6.07, 6.45) is -5.30. The Bertz CT molecular complexity index is 880. The summed E-state index contributed by atoms with van der Waals surface area (Å²) in [5, 5.41) is 2.37. The predicted octanol–water partition coefficient (Wildman–Crippen LogP) is 4.04. The van der Waals surface area contributed by atoms with Crippen LogP contribution in [0.1, 0.15) is 12.5 Å². The molecule has 2 aromatic carbocycles. The first kappa shape index (κ1) is 19.6. The van der Waals surface area contributed by atoms with E-state index < -0.39 is 32.8 Å². The van der Waals surface area contributed by atoms with Crippen molar-refractivity contribution < 1.29 is 35.3 Å². The van der Waals surface area contributed by atoms with Crippen molar-refractivity contribution in [3.8, 4) is 5.75 Å². The minimum absolute atomic E-state index is 0.126. The van der Waals surface area contributed by atoms with Gasteiger partial charge < -0.3 is 8.92 Å². The van der Waals surface area contributed by atoms with Crippen LogP contribution in [0.2, 0.25) is 0 Å². The monoisotopic (exact) mass is 389 g/mol. The van der Waals surface area contributed by atoms with E-state index in [-0.39, 0.29) is 18.0 Å². The van der Waals surface area contributed by atoms with E-state index in [1.165, 1.54) is 24.3 Å². The molecule has 0 saturated heterocycles. The lowest BCUT2D eigenvalue weighted by molar-refractivity contribution is -0.137. The molecule has 0 unspecified atom stereocenters. The summed E-state index contributed by atoms with van der Waals surface area (Å²) in [6, 6.07) is 8.37. The van der Waals surface area contributed by atoms with Crippen LogP contribution in [0.5, 0.6) is 5.75 Å². The Kier molecular flexibility index (Phi) is 5.76. The lowest BCUT2D eigenvalue weighted by Gasteiger charge is -2.10. The van der Waals surface area contributed by atoms with E-state index in [0.29, 0.717) is 12.1 Å². The summed E-state index contributed by atoms with van der Waals surface area (Å²) in [5.74, 6) is -0.126. The van der Waals surface area contributed by atoms with Gasteiger partial charge in [0.25, 0.3) is 0 Å². The molecule has 0 aromatic heterocycles. The van der Waals surface area contributed by atoms with Crippen LogP contribution in [0.3, 0.4) is 0 Å². The lowest BCUT2D eigenvalue weighted by atomic mass is 10.2. The second-order valence-corrected chi connectivity index (χ2v) is 6.48. The van der Waals surface area contributed by atoms with E-state index in [9.17, 15) is 26.4 Å². The number of anilines is 1. The first-order valence-electron chi connectivity index (χ1n) is 7.27. The van der Waals surface area contributed by atoms with Crippen LogP contribution in [0.4, 0.5) is 23.7 Å². The van der Waals surface area contributed by atoms with Gasteiger partial charge in [-0.3, -0.25) is 5.32 Å². The third-order valence-corrected chi connectivity index (χ3v) is 4.29. The fourth-order valence-corrected chi connectivity index (χ4v) is 2.82. The molecule has 0 radical (unpaired) electrons. The Morgan fingerprint density at radius 1 is 1.12 bits per heavy atom. The molecule has 1 amide bonds. The Balaban J connectivity index is 2.17. The van der Waals surface area contributed by atoms with Gasteiger partial charge in [0.1, 0.15) is 10.6 Å². The molecule has 140 valence electrons. The second-order valence-electron chi connectivity index (χ2n) is 4.93. The molecule has 0 heterocycles. The van der Waals surface area contributed by atoms with Gasteiger partial charge in [-0.2, -0.15) is 21.6 Å². The van der Waals surface area contributed by atoms with Crippen molar-refractivity contribution in [1.29, 1.82) is 0 Å². The zero-order chi connectivity index (χ0) is 19.4. The zero-order valence-corrected chi connectivity index (χ0v) is 14.2. The predicted molar refractivity (Wildman–Crippen MR) is 86.3 cm³/mol. The molecule has 0 fully saturated rings. The highest BCUT2D eigenvalue weighted by Crippen LogP contribution is 2.30. The molecule has 0 aliphatic rings. The van der Waals surface area contributed by atoms with E-state index in [2.05, 4.69) is 5.32 Å². The van der Waals surface area contributed by atoms with Gasteiger partial charge in [-0.1, -0.05) is 6.07 Å². The minimum atomic E-state index is -4.57. The molecule has 0 aliphatic heterocycles. The molecular formula is C16H14F3NO5S. The number of nitrogens with one attached hydrogen (secondary N) is 1. The molecule has 6 nitrogen and oxygen atoms in total. The molecule has 0 atom stereocenters.